The highest BCUT2D eigenvalue weighted by atomic mass is 35.5. The van der Waals surface area contributed by atoms with Gasteiger partial charge in [-0.2, -0.15) is 0 Å². The van der Waals surface area contributed by atoms with E-state index >= 15 is 0 Å². The first-order chi connectivity index (χ1) is 14.7. The van der Waals surface area contributed by atoms with Crippen LogP contribution < -0.4 is 9.62 Å². The molecule has 3 aromatic carbocycles. The number of nitrogens with zero attached hydrogens (tertiary/aromatic N) is 1. The smallest absolute Gasteiger partial charge is 0.240 e. The van der Waals surface area contributed by atoms with Crippen molar-refractivity contribution in [3.8, 4) is 0 Å². The molecule has 3 rings (SSSR count). The molecule has 1 atom stereocenters. The third-order valence-electron chi connectivity index (χ3n) is 5.29. The lowest BCUT2D eigenvalue weighted by Gasteiger charge is -2.24. The monoisotopic (exact) mass is 458 g/mol. The fourth-order valence-corrected chi connectivity index (χ4v) is 4.72. The Morgan fingerprint density at radius 3 is 2.48 bits per heavy atom. The van der Waals surface area contributed by atoms with E-state index in [1.165, 1.54) is 16.3 Å². The van der Waals surface area contributed by atoms with Crippen molar-refractivity contribution < 1.29 is 13.2 Å². The van der Waals surface area contributed by atoms with Crippen LogP contribution in [0.3, 0.4) is 0 Å². The van der Waals surface area contributed by atoms with E-state index in [1.807, 2.05) is 18.2 Å². The highest BCUT2D eigenvalue weighted by Crippen LogP contribution is 2.28. The maximum Gasteiger partial charge on any atom is 0.240 e. The quantitative estimate of drug-likeness (QED) is 0.538. The first-order valence-corrected chi connectivity index (χ1v) is 12.4. The van der Waals surface area contributed by atoms with Crippen molar-refractivity contribution in [2.45, 2.75) is 20.3 Å². The number of hydrogen-bond acceptors (Lipinski definition) is 3. The molecule has 1 unspecified atom stereocenters. The van der Waals surface area contributed by atoms with E-state index in [0.29, 0.717) is 22.8 Å². The lowest BCUT2D eigenvalue weighted by Crippen LogP contribution is -2.42. The lowest BCUT2D eigenvalue weighted by atomic mass is 9.96. The molecule has 0 heterocycles. The normalized spacial score (nSPS) is 12.5. The van der Waals surface area contributed by atoms with Gasteiger partial charge < -0.3 is 5.32 Å². The van der Waals surface area contributed by atoms with Gasteiger partial charge in [0.1, 0.15) is 6.54 Å². The number of benzene rings is 3. The number of carbonyl (C=O) groups excluding carboxylic acids is 1. The molecular formula is C24H27ClN2O3S. The molecule has 1 N–H and O–H groups in total. The lowest BCUT2D eigenvalue weighted by molar-refractivity contribution is -0.119. The summed E-state index contributed by atoms with van der Waals surface area (Å²) < 4.78 is 25.8. The predicted octanol–water partition coefficient (Wildman–Crippen LogP) is 4.56. The number of amides is 1. The summed E-state index contributed by atoms with van der Waals surface area (Å²) in [5.74, 6) is -0.163. The van der Waals surface area contributed by atoms with Crippen molar-refractivity contribution in [1.82, 2.24) is 5.32 Å². The van der Waals surface area contributed by atoms with Gasteiger partial charge in [0.2, 0.25) is 15.9 Å². The number of sulfonamides is 1. The van der Waals surface area contributed by atoms with Crippen LogP contribution in [0, 0.1) is 12.8 Å². The molecule has 3 aromatic rings. The van der Waals surface area contributed by atoms with Gasteiger partial charge in [0.05, 0.1) is 11.9 Å². The van der Waals surface area contributed by atoms with Crippen molar-refractivity contribution in [3.05, 3.63) is 76.8 Å². The van der Waals surface area contributed by atoms with Crippen LogP contribution in [0.1, 0.15) is 18.1 Å². The van der Waals surface area contributed by atoms with Crippen molar-refractivity contribution in [2.24, 2.45) is 5.92 Å². The zero-order chi connectivity index (χ0) is 22.6. The van der Waals surface area contributed by atoms with Gasteiger partial charge in [0.25, 0.3) is 0 Å². The molecule has 1 amide bonds. The van der Waals surface area contributed by atoms with E-state index in [4.69, 9.17) is 11.6 Å². The number of halogens is 1. The van der Waals surface area contributed by atoms with Crippen LogP contribution in [0.4, 0.5) is 5.69 Å². The van der Waals surface area contributed by atoms with Crippen LogP contribution in [0.15, 0.2) is 60.7 Å². The minimum Gasteiger partial charge on any atom is -0.354 e. The molecule has 7 heteroatoms. The molecule has 0 fully saturated rings. The fourth-order valence-electron chi connectivity index (χ4n) is 3.64. The average molecular weight is 459 g/mol. The number of carbonyl (C=O) groups is 1. The van der Waals surface area contributed by atoms with Gasteiger partial charge >= 0.3 is 0 Å². The summed E-state index contributed by atoms with van der Waals surface area (Å²) in [7, 11) is -3.65. The Labute approximate surface area is 189 Å². The van der Waals surface area contributed by atoms with E-state index in [0.717, 1.165) is 17.0 Å². The molecule has 0 aliphatic heterocycles. The number of anilines is 1. The molecule has 0 radical (unpaired) electrons. The van der Waals surface area contributed by atoms with Crippen LogP contribution in [0.25, 0.3) is 10.8 Å². The van der Waals surface area contributed by atoms with Crippen molar-refractivity contribution >= 4 is 44.0 Å². The molecule has 0 aliphatic rings. The maximum atomic E-state index is 12.6. The van der Waals surface area contributed by atoms with E-state index < -0.39 is 10.0 Å². The minimum absolute atomic E-state index is 0.189. The fraction of sp³-hybridized carbons (Fsp3) is 0.292. The molecule has 0 spiro atoms. The summed E-state index contributed by atoms with van der Waals surface area (Å²) in [6.07, 6.45) is 1.90. The van der Waals surface area contributed by atoms with E-state index in [-0.39, 0.29) is 18.4 Å². The maximum absolute atomic E-state index is 12.6. The third kappa shape index (κ3) is 5.77. The molecule has 0 aromatic heterocycles. The van der Waals surface area contributed by atoms with Gasteiger partial charge in [-0.1, -0.05) is 67.1 Å². The summed E-state index contributed by atoms with van der Waals surface area (Å²) in [6.45, 7) is 3.96. The zero-order valence-electron chi connectivity index (χ0n) is 17.9. The Morgan fingerprint density at radius 2 is 1.74 bits per heavy atom. The second kappa shape index (κ2) is 9.71. The minimum atomic E-state index is -3.65. The highest BCUT2D eigenvalue weighted by Gasteiger charge is 2.23. The summed E-state index contributed by atoms with van der Waals surface area (Å²) >= 11 is 6.14. The van der Waals surface area contributed by atoms with Crippen molar-refractivity contribution in [2.75, 3.05) is 23.7 Å². The zero-order valence-corrected chi connectivity index (χ0v) is 19.5. The number of rotatable bonds is 8. The summed E-state index contributed by atoms with van der Waals surface area (Å²) in [5, 5.41) is 5.74. The topological polar surface area (TPSA) is 66.5 Å². The largest absolute Gasteiger partial charge is 0.354 e. The molecule has 164 valence electrons. The van der Waals surface area contributed by atoms with Crippen LogP contribution in [-0.4, -0.2) is 33.7 Å². The second-order valence-corrected chi connectivity index (χ2v) is 10.2. The Bertz CT molecular complexity index is 1190. The van der Waals surface area contributed by atoms with Gasteiger partial charge in [-0.25, -0.2) is 8.42 Å². The first-order valence-electron chi connectivity index (χ1n) is 10.1. The van der Waals surface area contributed by atoms with Crippen LogP contribution >= 0.6 is 11.6 Å². The van der Waals surface area contributed by atoms with Crippen LogP contribution in [0.2, 0.25) is 5.02 Å². The highest BCUT2D eigenvalue weighted by molar-refractivity contribution is 7.92. The molecular weight excluding hydrogens is 432 g/mol. The SMILES string of the molecule is Cc1c(Cl)cccc1N(CC(=O)NCC(C)Cc1cccc2ccccc12)S(C)(=O)=O. The molecule has 0 bridgehead atoms. The van der Waals surface area contributed by atoms with Gasteiger partial charge in [-0.15, -0.1) is 0 Å². The van der Waals surface area contributed by atoms with E-state index in [9.17, 15) is 13.2 Å². The number of fused-ring (bicyclic) bond motifs is 1. The second-order valence-electron chi connectivity index (χ2n) is 7.91. The third-order valence-corrected chi connectivity index (χ3v) is 6.83. The van der Waals surface area contributed by atoms with Crippen molar-refractivity contribution in [3.63, 3.8) is 0 Å². The van der Waals surface area contributed by atoms with E-state index in [2.05, 4.69) is 36.5 Å². The van der Waals surface area contributed by atoms with Gasteiger partial charge in [-0.3, -0.25) is 9.10 Å². The summed E-state index contributed by atoms with van der Waals surface area (Å²) in [6, 6.07) is 19.5. The first kappa shape index (κ1) is 23.1. The molecule has 0 saturated heterocycles. The number of nitrogens with one attached hydrogen (secondary N) is 1. The molecule has 5 nitrogen and oxygen atoms in total. The Kier molecular flexibility index (Phi) is 7.23. The Morgan fingerprint density at radius 1 is 1.06 bits per heavy atom. The van der Waals surface area contributed by atoms with Crippen LogP contribution in [0.5, 0.6) is 0 Å². The average Bonchev–Trinajstić information content (AvgIpc) is 2.72. The Balaban J connectivity index is 1.65. The van der Waals surface area contributed by atoms with Crippen LogP contribution in [-0.2, 0) is 21.2 Å². The number of hydrogen-bond donors (Lipinski definition) is 1. The standard InChI is InChI=1S/C24H27ClN2O3S/c1-17(14-20-10-6-9-19-8-4-5-11-21(19)20)15-26-24(28)16-27(31(3,29)30)23-13-7-12-22(25)18(23)2/h4-13,17H,14-16H2,1-3H3,(H,26,28). The summed E-state index contributed by atoms with van der Waals surface area (Å²) in [5.41, 5.74) is 2.26. The molecule has 0 aliphatic carbocycles. The van der Waals surface area contributed by atoms with Gasteiger partial charge in [-0.05, 0) is 53.3 Å². The Hall–Kier alpha value is -2.57. The molecule has 0 saturated carbocycles. The van der Waals surface area contributed by atoms with Gasteiger partial charge in [0.15, 0.2) is 0 Å². The molecule has 31 heavy (non-hydrogen) atoms. The van der Waals surface area contributed by atoms with E-state index in [1.54, 1.807) is 25.1 Å². The van der Waals surface area contributed by atoms with Gasteiger partial charge in [0, 0.05) is 11.6 Å². The van der Waals surface area contributed by atoms with Crippen molar-refractivity contribution in [1.29, 1.82) is 0 Å². The summed E-state index contributed by atoms with van der Waals surface area (Å²) in [4.78, 5) is 12.6. The predicted molar refractivity (Wildman–Crippen MR) is 128 cm³/mol.